The van der Waals surface area contributed by atoms with Gasteiger partial charge in [0.2, 0.25) is 5.91 Å². The molecule has 0 aromatic rings. The van der Waals surface area contributed by atoms with Gasteiger partial charge in [0.25, 0.3) is 0 Å². The second kappa shape index (κ2) is 4.23. The van der Waals surface area contributed by atoms with Gasteiger partial charge in [-0.2, -0.15) is 0 Å². The van der Waals surface area contributed by atoms with Crippen molar-refractivity contribution in [2.24, 2.45) is 5.73 Å². The fraction of sp³-hybridized carbons (Fsp3) is 0.917. The summed E-state index contributed by atoms with van der Waals surface area (Å²) in [6.07, 6.45) is 4.94. The summed E-state index contributed by atoms with van der Waals surface area (Å²) in [5.74, 6) is -0.0260. The summed E-state index contributed by atoms with van der Waals surface area (Å²) in [5, 5.41) is 3.08. The molecular weight excluding hydrogens is 220 g/mol. The zero-order chi connectivity index (χ0) is 11.9. The smallest absolute Gasteiger partial charge is 0.240 e. The third-order valence-electron chi connectivity index (χ3n) is 4.26. The SMILES string of the molecule is NC1(C(=O)NC2CC3CCC2O3)CCOCC1. The van der Waals surface area contributed by atoms with Gasteiger partial charge in [0, 0.05) is 13.2 Å². The lowest BCUT2D eigenvalue weighted by molar-refractivity contribution is -0.130. The van der Waals surface area contributed by atoms with Crippen molar-refractivity contribution in [3.63, 3.8) is 0 Å². The third kappa shape index (κ3) is 2.07. The van der Waals surface area contributed by atoms with E-state index in [4.69, 9.17) is 15.2 Å². The molecule has 2 bridgehead atoms. The molecule has 3 fully saturated rings. The van der Waals surface area contributed by atoms with Crippen LogP contribution < -0.4 is 11.1 Å². The van der Waals surface area contributed by atoms with E-state index in [1.165, 1.54) is 0 Å². The van der Waals surface area contributed by atoms with E-state index in [2.05, 4.69) is 5.32 Å². The maximum atomic E-state index is 12.2. The van der Waals surface area contributed by atoms with Crippen LogP contribution >= 0.6 is 0 Å². The lowest BCUT2D eigenvalue weighted by Crippen LogP contribution is -2.59. The molecule has 3 N–H and O–H groups in total. The molecule has 0 aromatic carbocycles. The zero-order valence-electron chi connectivity index (χ0n) is 9.98. The van der Waals surface area contributed by atoms with Crippen LogP contribution in [0.5, 0.6) is 0 Å². The molecule has 0 saturated carbocycles. The number of fused-ring (bicyclic) bond motifs is 2. The molecule has 3 aliphatic heterocycles. The Labute approximate surface area is 101 Å². The fourth-order valence-electron chi connectivity index (χ4n) is 3.06. The van der Waals surface area contributed by atoms with Crippen molar-refractivity contribution in [2.45, 2.75) is 55.9 Å². The summed E-state index contributed by atoms with van der Waals surface area (Å²) in [4.78, 5) is 12.2. The average Bonchev–Trinajstić information content (AvgIpc) is 2.92. The van der Waals surface area contributed by atoms with Crippen molar-refractivity contribution in [3.05, 3.63) is 0 Å². The van der Waals surface area contributed by atoms with Gasteiger partial charge in [0.1, 0.15) is 0 Å². The van der Waals surface area contributed by atoms with Gasteiger partial charge in [-0.1, -0.05) is 0 Å². The van der Waals surface area contributed by atoms with E-state index in [-0.39, 0.29) is 18.1 Å². The van der Waals surface area contributed by atoms with Gasteiger partial charge in [-0.15, -0.1) is 0 Å². The van der Waals surface area contributed by atoms with Crippen molar-refractivity contribution in [1.82, 2.24) is 5.32 Å². The van der Waals surface area contributed by atoms with Gasteiger partial charge in [-0.3, -0.25) is 4.79 Å². The van der Waals surface area contributed by atoms with Gasteiger partial charge in [-0.25, -0.2) is 0 Å². The number of rotatable bonds is 2. The molecule has 0 aliphatic carbocycles. The normalized spacial score (nSPS) is 39.2. The second-order valence-electron chi connectivity index (χ2n) is 5.46. The number of ether oxygens (including phenoxy) is 2. The number of carbonyl (C=O) groups excluding carboxylic acids is 1. The predicted octanol–water partition coefficient (Wildman–Crippen LogP) is -0.0696. The predicted molar refractivity (Wildman–Crippen MR) is 61.4 cm³/mol. The molecular formula is C12H20N2O3. The Balaban J connectivity index is 1.59. The number of carbonyl (C=O) groups is 1. The summed E-state index contributed by atoms with van der Waals surface area (Å²) in [6.45, 7) is 1.16. The summed E-state index contributed by atoms with van der Waals surface area (Å²) in [5.41, 5.74) is 5.41. The number of nitrogens with two attached hydrogens (primary N) is 1. The quantitative estimate of drug-likeness (QED) is 0.708. The Morgan fingerprint density at radius 1 is 1.29 bits per heavy atom. The van der Waals surface area contributed by atoms with Crippen molar-refractivity contribution in [1.29, 1.82) is 0 Å². The average molecular weight is 240 g/mol. The molecule has 3 rings (SSSR count). The molecule has 3 unspecified atom stereocenters. The first kappa shape index (κ1) is 11.4. The molecule has 0 spiro atoms. The molecule has 3 heterocycles. The van der Waals surface area contributed by atoms with E-state index >= 15 is 0 Å². The van der Waals surface area contributed by atoms with Crippen LogP contribution in [0.25, 0.3) is 0 Å². The van der Waals surface area contributed by atoms with E-state index in [1.807, 2.05) is 0 Å². The summed E-state index contributed by atoms with van der Waals surface area (Å²) in [7, 11) is 0. The summed E-state index contributed by atoms with van der Waals surface area (Å²) in [6, 6.07) is 0.171. The highest BCUT2D eigenvalue weighted by Gasteiger charge is 2.44. The number of hydrogen-bond donors (Lipinski definition) is 2. The summed E-state index contributed by atoms with van der Waals surface area (Å²) < 4.78 is 11.0. The van der Waals surface area contributed by atoms with Crippen LogP contribution in [-0.4, -0.2) is 42.9 Å². The lowest BCUT2D eigenvalue weighted by Gasteiger charge is -2.33. The Morgan fingerprint density at radius 2 is 2.06 bits per heavy atom. The molecule has 5 nitrogen and oxygen atoms in total. The molecule has 3 atom stereocenters. The second-order valence-corrected chi connectivity index (χ2v) is 5.46. The van der Waals surface area contributed by atoms with E-state index in [0.717, 1.165) is 19.3 Å². The highest BCUT2D eigenvalue weighted by atomic mass is 16.5. The molecule has 0 aromatic heterocycles. The number of amides is 1. The molecule has 3 aliphatic rings. The van der Waals surface area contributed by atoms with E-state index in [1.54, 1.807) is 0 Å². The van der Waals surface area contributed by atoms with Crippen LogP contribution in [0.1, 0.15) is 32.1 Å². The van der Waals surface area contributed by atoms with E-state index in [0.29, 0.717) is 32.2 Å². The monoisotopic (exact) mass is 240 g/mol. The van der Waals surface area contributed by atoms with Crippen molar-refractivity contribution < 1.29 is 14.3 Å². The van der Waals surface area contributed by atoms with E-state index in [9.17, 15) is 4.79 Å². The lowest BCUT2D eigenvalue weighted by atomic mass is 9.88. The van der Waals surface area contributed by atoms with Crippen LogP contribution in [0.4, 0.5) is 0 Å². The highest BCUT2D eigenvalue weighted by molar-refractivity contribution is 5.86. The van der Waals surface area contributed by atoms with Gasteiger partial charge < -0.3 is 20.5 Å². The van der Waals surface area contributed by atoms with Crippen LogP contribution in [0, 0.1) is 0 Å². The molecule has 3 saturated heterocycles. The zero-order valence-corrected chi connectivity index (χ0v) is 9.98. The number of hydrogen-bond acceptors (Lipinski definition) is 4. The number of nitrogens with one attached hydrogen (secondary N) is 1. The Kier molecular flexibility index (Phi) is 2.84. The van der Waals surface area contributed by atoms with Crippen molar-refractivity contribution >= 4 is 5.91 Å². The highest BCUT2D eigenvalue weighted by Crippen LogP contribution is 2.34. The maximum Gasteiger partial charge on any atom is 0.240 e. The van der Waals surface area contributed by atoms with Crippen LogP contribution in [0.3, 0.4) is 0 Å². The van der Waals surface area contributed by atoms with Gasteiger partial charge in [-0.05, 0) is 32.1 Å². The molecule has 1 amide bonds. The Bertz CT molecular complexity index is 315. The van der Waals surface area contributed by atoms with Crippen LogP contribution in [0.15, 0.2) is 0 Å². The van der Waals surface area contributed by atoms with Crippen LogP contribution in [0.2, 0.25) is 0 Å². The Hall–Kier alpha value is -0.650. The first-order valence-electron chi connectivity index (χ1n) is 6.50. The molecule has 96 valence electrons. The molecule has 17 heavy (non-hydrogen) atoms. The molecule has 5 heteroatoms. The van der Waals surface area contributed by atoms with Crippen molar-refractivity contribution in [2.75, 3.05) is 13.2 Å². The molecule has 0 radical (unpaired) electrons. The standard InChI is InChI=1S/C12H20N2O3/c13-12(3-5-16-6-4-12)11(15)14-9-7-8-1-2-10(9)17-8/h8-10H,1-7,13H2,(H,14,15). The fourth-order valence-corrected chi connectivity index (χ4v) is 3.06. The largest absolute Gasteiger partial charge is 0.381 e. The topological polar surface area (TPSA) is 73.6 Å². The van der Waals surface area contributed by atoms with Gasteiger partial charge in [0.15, 0.2) is 0 Å². The first-order valence-corrected chi connectivity index (χ1v) is 6.50. The van der Waals surface area contributed by atoms with Gasteiger partial charge >= 0.3 is 0 Å². The van der Waals surface area contributed by atoms with E-state index < -0.39 is 5.54 Å². The Morgan fingerprint density at radius 3 is 2.65 bits per heavy atom. The third-order valence-corrected chi connectivity index (χ3v) is 4.26. The summed E-state index contributed by atoms with van der Waals surface area (Å²) >= 11 is 0. The first-order chi connectivity index (χ1) is 8.17. The van der Waals surface area contributed by atoms with Crippen molar-refractivity contribution in [3.8, 4) is 0 Å². The minimum Gasteiger partial charge on any atom is -0.381 e. The van der Waals surface area contributed by atoms with Crippen LogP contribution in [-0.2, 0) is 14.3 Å². The minimum atomic E-state index is -0.736. The minimum absolute atomic E-state index is 0.0260. The maximum absolute atomic E-state index is 12.2. The van der Waals surface area contributed by atoms with Gasteiger partial charge in [0.05, 0.1) is 23.8 Å².